The number of carbonyl (C=O) groups excluding carboxylic acids is 1. The van der Waals surface area contributed by atoms with Crippen molar-refractivity contribution in [1.29, 1.82) is 0 Å². The quantitative estimate of drug-likeness (QED) is 0.273. The number of carbonyl (C=O) groups is 1. The maximum Gasteiger partial charge on any atom is 0.230 e. The van der Waals surface area contributed by atoms with Gasteiger partial charge in [-0.3, -0.25) is 14.3 Å². The van der Waals surface area contributed by atoms with Crippen molar-refractivity contribution >= 4 is 39.8 Å². The van der Waals surface area contributed by atoms with Gasteiger partial charge in [0, 0.05) is 30.5 Å². The van der Waals surface area contributed by atoms with E-state index in [-0.39, 0.29) is 5.91 Å². The first-order valence-electron chi connectivity index (χ1n) is 10.6. The molecule has 8 heteroatoms. The molecule has 0 saturated heterocycles. The van der Waals surface area contributed by atoms with Gasteiger partial charge in [-0.15, -0.1) is 11.3 Å². The van der Waals surface area contributed by atoms with E-state index in [0.717, 1.165) is 16.5 Å². The van der Waals surface area contributed by atoms with Crippen molar-refractivity contribution in [3.8, 4) is 11.4 Å². The molecule has 0 N–H and O–H groups in total. The Kier molecular flexibility index (Phi) is 7.15. The summed E-state index contributed by atoms with van der Waals surface area (Å²) >= 11 is 3.07. The molecule has 0 spiro atoms. The largest absolute Gasteiger partial charge is 0.495 e. The molecule has 0 unspecified atom stereocenters. The van der Waals surface area contributed by atoms with Crippen molar-refractivity contribution in [1.82, 2.24) is 14.5 Å². The Bertz CT molecular complexity index is 1250. The van der Waals surface area contributed by atoms with E-state index in [1.807, 2.05) is 42.0 Å². The lowest BCUT2D eigenvalue weighted by atomic mass is 10.0. The number of methoxy groups -OCH3 is 1. The van der Waals surface area contributed by atoms with Gasteiger partial charge in [0.1, 0.15) is 5.75 Å². The first-order chi connectivity index (χ1) is 16.0. The van der Waals surface area contributed by atoms with Gasteiger partial charge in [0.25, 0.3) is 0 Å². The molecule has 4 aromatic rings. The van der Waals surface area contributed by atoms with Crippen LogP contribution in [0, 0.1) is 0 Å². The number of para-hydroxylation sites is 3. The van der Waals surface area contributed by atoms with Crippen molar-refractivity contribution in [3.63, 3.8) is 0 Å². The minimum Gasteiger partial charge on any atom is -0.495 e. The predicted molar refractivity (Wildman–Crippen MR) is 135 cm³/mol. The molecule has 0 aliphatic rings. The molecule has 0 radical (unpaired) electrons. The van der Waals surface area contributed by atoms with Crippen LogP contribution in [0.4, 0.5) is 10.8 Å². The van der Waals surface area contributed by atoms with Crippen molar-refractivity contribution < 1.29 is 9.53 Å². The zero-order valence-electron chi connectivity index (χ0n) is 19.1. The normalized spacial score (nSPS) is 11.1. The molecule has 2 aromatic heterocycles. The molecule has 0 aliphatic heterocycles. The number of thioether (sulfide) groups is 1. The lowest BCUT2D eigenvalue weighted by molar-refractivity contribution is -0.115. The fraction of sp³-hybridized carbons (Fsp3) is 0.240. The third-order valence-corrected chi connectivity index (χ3v) is 7.02. The van der Waals surface area contributed by atoms with Crippen molar-refractivity contribution in [2.75, 3.05) is 12.0 Å². The minimum atomic E-state index is -0.117. The number of thiazole rings is 1. The molecule has 0 bridgehead atoms. The Balaban J connectivity index is 1.55. The van der Waals surface area contributed by atoms with Gasteiger partial charge in [-0.2, -0.15) is 0 Å². The van der Waals surface area contributed by atoms with E-state index in [0.29, 0.717) is 28.2 Å². The number of nitrogens with zero attached hydrogens (tertiary/aromatic N) is 4. The summed E-state index contributed by atoms with van der Waals surface area (Å²) in [6.07, 6.45) is 3.82. The summed E-state index contributed by atoms with van der Waals surface area (Å²) in [7, 11) is 1.60. The molecular formula is C25H26N4O2S2. The van der Waals surface area contributed by atoms with Gasteiger partial charge in [0.05, 0.1) is 24.2 Å². The number of ether oxygens (including phenoxy) is 1. The topological polar surface area (TPSA) is 60.2 Å². The van der Waals surface area contributed by atoms with Crippen molar-refractivity contribution in [2.24, 2.45) is 0 Å². The molecule has 4 rings (SSSR count). The highest BCUT2D eigenvalue weighted by molar-refractivity contribution is 7.98. The number of aromatic nitrogens is 3. The van der Waals surface area contributed by atoms with Crippen LogP contribution in [0.1, 0.15) is 37.9 Å². The maximum atomic E-state index is 12.5. The summed E-state index contributed by atoms with van der Waals surface area (Å²) in [5.74, 6) is 1.57. The first-order valence-corrected chi connectivity index (χ1v) is 12.5. The summed E-state index contributed by atoms with van der Waals surface area (Å²) in [6.45, 7) is 5.93. The number of rotatable bonds is 8. The summed E-state index contributed by atoms with van der Waals surface area (Å²) in [5.41, 5.74) is 4.00. The Morgan fingerprint density at radius 3 is 2.70 bits per heavy atom. The first kappa shape index (κ1) is 23.1. The van der Waals surface area contributed by atoms with Crippen LogP contribution in [0.5, 0.6) is 5.75 Å². The zero-order valence-corrected chi connectivity index (χ0v) is 20.7. The van der Waals surface area contributed by atoms with Gasteiger partial charge >= 0.3 is 0 Å². The van der Waals surface area contributed by atoms with Crippen LogP contribution in [-0.2, 0) is 10.5 Å². The number of anilines is 2. The van der Waals surface area contributed by atoms with Gasteiger partial charge in [0.15, 0.2) is 10.3 Å². The molecule has 2 aromatic carbocycles. The molecule has 0 atom stereocenters. The summed E-state index contributed by atoms with van der Waals surface area (Å²) < 4.78 is 7.58. The van der Waals surface area contributed by atoms with Gasteiger partial charge in [-0.1, -0.05) is 55.9 Å². The van der Waals surface area contributed by atoms with Crippen LogP contribution in [0.3, 0.4) is 0 Å². The van der Waals surface area contributed by atoms with Gasteiger partial charge < -0.3 is 4.74 Å². The highest BCUT2D eigenvalue weighted by Crippen LogP contribution is 2.36. The second-order valence-electron chi connectivity index (χ2n) is 7.73. The molecule has 0 aliphatic carbocycles. The molecule has 0 saturated carbocycles. The summed E-state index contributed by atoms with van der Waals surface area (Å²) in [5, 5.41) is 3.52. The monoisotopic (exact) mass is 478 g/mol. The van der Waals surface area contributed by atoms with Crippen molar-refractivity contribution in [3.05, 3.63) is 77.6 Å². The Morgan fingerprint density at radius 1 is 1.18 bits per heavy atom. The SMILES string of the molecule is COc1ccccc1N(C(C)=O)c1nc(CSc2nccn2-c2ccccc2C(C)C)cs1. The van der Waals surface area contributed by atoms with E-state index in [1.165, 1.54) is 23.8 Å². The molecular weight excluding hydrogens is 452 g/mol. The molecule has 170 valence electrons. The van der Waals surface area contributed by atoms with Gasteiger partial charge in [0.2, 0.25) is 5.91 Å². The average molecular weight is 479 g/mol. The number of amides is 1. The van der Waals surface area contributed by atoms with E-state index < -0.39 is 0 Å². The van der Waals surface area contributed by atoms with Crippen LogP contribution in [0.2, 0.25) is 0 Å². The Hall–Kier alpha value is -3.10. The fourth-order valence-corrected chi connectivity index (χ4v) is 5.44. The lowest BCUT2D eigenvalue weighted by Gasteiger charge is -2.20. The summed E-state index contributed by atoms with van der Waals surface area (Å²) in [4.78, 5) is 23.4. The molecule has 33 heavy (non-hydrogen) atoms. The van der Waals surface area contributed by atoms with Crippen LogP contribution < -0.4 is 9.64 Å². The second kappa shape index (κ2) is 10.2. The Labute approximate surface area is 202 Å². The Morgan fingerprint density at radius 2 is 1.94 bits per heavy atom. The molecule has 0 fully saturated rings. The van der Waals surface area contributed by atoms with E-state index in [9.17, 15) is 4.79 Å². The number of imidazole rings is 1. The summed E-state index contributed by atoms with van der Waals surface area (Å²) in [6, 6.07) is 15.9. The lowest BCUT2D eigenvalue weighted by Crippen LogP contribution is -2.23. The second-order valence-corrected chi connectivity index (χ2v) is 9.51. The van der Waals surface area contributed by atoms with Crippen molar-refractivity contribution in [2.45, 2.75) is 37.6 Å². The van der Waals surface area contributed by atoms with E-state index in [4.69, 9.17) is 9.72 Å². The maximum absolute atomic E-state index is 12.5. The van der Waals surface area contributed by atoms with E-state index in [1.54, 1.807) is 23.8 Å². The molecule has 2 heterocycles. The van der Waals surface area contributed by atoms with E-state index in [2.05, 4.69) is 47.7 Å². The van der Waals surface area contributed by atoms with Crippen LogP contribution in [0.15, 0.2) is 71.5 Å². The highest BCUT2D eigenvalue weighted by Gasteiger charge is 2.21. The average Bonchev–Trinajstić information content (AvgIpc) is 3.47. The number of benzene rings is 2. The van der Waals surface area contributed by atoms with Crippen LogP contribution >= 0.6 is 23.1 Å². The molecule has 6 nitrogen and oxygen atoms in total. The third-order valence-electron chi connectivity index (χ3n) is 5.15. The fourth-order valence-electron chi connectivity index (χ4n) is 3.60. The third kappa shape index (κ3) is 4.96. The van der Waals surface area contributed by atoms with Crippen LogP contribution in [0.25, 0.3) is 5.69 Å². The van der Waals surface area contributed by atoms with Crippen LogP contribution in [-0.4, -0.2) is 27.6 Å². The standard InChI is InChI=1S/C25H26N4O2S2/c1-17(2)20-9-5-6-10-21(20)28-14-13-26-24(28)32-15-19-16-33-25(27-19)29(18(3)30)22-11-7-8-12-23(22)31-4/h5-14,16-17H,15H2,1-4H3. The highest BCUT2D eigenvalue weighted by atomic mass is 32.2. The zero-order chi connectivity index (χ0) is 23.4. The number of hydrogen-bond acceptors (Lipinski definition) is 6. The molecule has 1 amide bonds. The van der Waals surface area contributed by atoms with Gasteiger partial charge in [-0.05, 0) is 29.7 Å². The minimum absolute atomic E-state index is 0.117. The van der Waals surface area contributed by atoms with Gasteiger partial charge in [-0.25, -0.2) is 9.97 Å². The predicted octanol–water partition coefficient (Wildman–Crippen LogP) is 6.44. The smallest absolute Gasteiger partial charge is 0.230 e. The number of hydrogen-bond donors (Lipinski definition) is 0. The van der Waals surface area contributed by atoms with E-state index >= 15 is 0 Å².